The summed E-state index contributed by atoms with van der Waals surface area (Å²) in [6.07, 6.45) is -0.275. The maximum atomic E-state index is 12.9. The number of morpholine rings is 1. The maximum absolute atomic E-state index is 12.9. The van der Waals surface area contributed by atoms with Crippen LogP contribution in [0.3, 0.4) is 0 Å². The highest BCUT2D eigenvalue weighted by molar-refractivity contribution is 7.89. The molecule has 0 radical (unpaired) electrons. The van der Waals surface area contributed by atoms with Crippen LogP contribution in [0, 0.1) is 0 Å². The van der Waals surface area contributed by atoms with Gasteiger partial charge < -0.3 is 9.47 Å². The Labute approximate surface area is 146 Å². The number of rotatable bonds is 4. The Hall–Kier alpha value is -1.60. The zero-order valence-corrected chi connectivity index (χ0v) is 14.8. The topological polar surface area (TPSA) is 55.8 Å². The van der Waals surface area contributed by atoms with Gasteiger partial charge in [0.25, 0.3) is 0 Å². The normalized spacial score (nSPS) is 19.2. The van der Waals surface area contributed by atoms with Crippen LogP contribution < -0.4 is 4.74 Å². The van der Waals surface area contributed by atoms with Gasteiger partial charge >= 0.3 is 0 Å². The Morgan fingerprint density at radius 3 is 2.62 bits per heavy atom. The minimum Gasteiger partial charge on any atom is -0.495 e. The first-order chi connectivity index (χ1) is 11.5. The molecule has 128 valence electrons. The molecule has 5 nitrogen and oxygen atoms in total. The van der Waals surface area contributed by atoms with Crippen molar-refractivity contribution >= 4 is 21.6 Å². The van der Waals surface area contributed by atoms with Crippen molar-refractivity contribution in [3.8, 4) is 5.75 Å². The fourth-order valence-electron chi connectivity index (χ4n) is 2.67. The van der Waals surface area contributed by atoms with Crippen LogP contribution in [0.15, 0.2) is 53.4 Å². The number of methoxy groups -OCH3 is 1. The highest BCUT2D eigenvalue weighted by Crippen LogP contribution is 2.30. The highest BCUT2D eigenvalue weighted by Gasteiger charge is 2.31. The number of hydrogen-bond donors (Lipinski definition) is 0. The van der Waals surface area contributed by atoms with Crippen LogP contribution in [0.4, 0.5) is 0 Å². The summed E-state index contributed by atoms with van der Waals surface area (Å²) in [6, 6.07) is 14.1. The molecule has 1 fully saturated rings. The van der Waals surface area contributed by atoms with Crippen LogP contribution in [-0.4, -0.2) is 39.5 Å². The van der Waals surface area contributed by atoms with Gasteiger partial charge in [-0.3, -0.25) is 0 Å². The van der Waals surface area contributed by atoms with Crippen molar-refractivity contribution in [3.63, 3.8) is 0 Å². The van der Waals surface area contributed by atoms with Crippen molar-refractivity contribution in [3.05, 3.63) is 59.1 Å². The first-order valence-electron chi connectivity index (χ1n) is 7.52. The number of hydrogen-bond acceptors (Lipinski definition) is 4. The molecule has 1 saturated heterocycles. The van der Waals surface area contributed by atoms with E-state index in [1.807, 2.05) is 30.3 Å². The molecule has 24 heavy (non-hydrogen) atoms. The van der Waals surface area contributed by atoms with Crippen molar-refractivity contribution in [2.75, 3.05) is 26.8 Å². The van der Waals surface area contributed by atoms with Crippen LogP contribution in [0.2, 0.25) is 5.02 Å². The summed E-state index contributed by atoms with van der Waals surface area (Å²) >= 11 is 6.07. The lowest BCUT2D eigenvalue weighted by Gasteiger charge is -2.32. The lowest BCUT2D eigenvalue weighted by atomic mass is 10.1. The summed E-state index contributed by atoms with van der Waals surface area (Å²) in [4.78, 5) is 0.155. The van der Waals surface area contributed by atoms with Crippen LogP contribution in [0.1, 0.15) is 11.7 Å². The van der Waals surface area contributed by atoms with Gasteiger partial charge in [-0.2, -0.15) is 4.31 Å². The van der Waals surface area contributed by atoms with Gasteiger partial charge in [0.1, 0.15) is 5.75 Å². The van der Waals surface area contributed by atoms with E-state index in [1.165, 1.54) is 23.5 Å². The third-order valence-corrected chi connectivity index (χ3v) is 6.12. The van der Waals surface area contributed by atoms with E-state index in [2.05, 4.69) is 0 Å². The zero-order chi connectivity index (χ0) is 17.2. The third kappa shape index (κ3) is 3.42. The van der Waals surface area contributed by atoms with Crippen molar-refractivity contribution in [2.24, 2.45) is 0 Å². The predicted molar refractivity (Wildman–Crippen MR) is 91.9 cm³/mol. The van der Waals surface area contributed by atoms with Crippen molar-refractivity contribution < 1.29 is 17.9 Å². The number of halogens is 1. The van der Waals surface area contributed by atoms with Gasteiger partial charge in [0.05, 0.1) is 29.7 Å². The molecule has 1 heterocycles. The van der Waals surface area contributed by atoms with E-state index in [-0.39, 0.29) is 22.6 Å². The fraction of sp³-hybridized carbons (Fsp3) is 0.294. The van der Waals surface area contributed by atoms with Crippen molar-refractivity contribution in [2.45, 2.75) is 11.0 Å². The van der Waals surface area contributed by atoms with Gasteiger partial charge in [-0.15, -0.1) is 0 Å². The predicted octanol–water partition coefficient (Wildman–Crippen LogP) is 3.11. The largest absolute Gasteiger partial charge is 0.495 e. The highest BCUT2D eigenvalue weighted by atomic mass is 35.5. The summed E-state index contributed by atoms with van der Waals surface area (Å²) < 4.78 is 38.0. The first-order valence-corrected chi connectivity index (χ1v) is 9.34. The van der Waals surface area contributed by atoms with E-state index >= 15 is 0 Å². The molecular weight excluding hydrogens is 350 g/mol. The van der Waals surface area contributed by atoms with Crippen molar-refractivity contribution in [1.82, 2.24) is 4.31 Å². The van der Waals surface area contributed by atoms with Gasteiger partial charge in [0.15, 0.2) is 0 Å². The second-order valence-corrected chi connectivity index (χ2v) is 7.77. The monoisotopic (exact) mass is 367 g/mol. The van der Waals surface area contributed by atoms with Gasteiger partial charge in [-0.25, -0.2) is 8.42 Å². The quantitative estimate of drug-likeness (QED) is 0.833. The molecule has 0 spiro atoms. The van der Waals surface area contributed by atoms with Crippen molar-refractivity contribution in [1.29, 1.82) is 0 Å². The molecule has 0 saturated carbocycles. The Morgan fingerprint density at radius 2 is 1.96 bits per heavy atom. The molecule has 1 atom stereocenters. The van der Waals surface area contributed by atoms with E-state index in [0.29, 0.717) is 18.9 Å². The molecule has 0 aromatic heterocycles. The van der Waals surface area contributed by atoms with Crippen LogP contribution in [0.5, 0.6) is 5.75 Å². The molecule has 0 amide bonds. The van der Waals surface area contributed by atoms with E-state index in [0.717, 1.165) is 5.56 Å². The third-order valence-electron chi connectivity index (χ3n) is 3.96. The standard InChI is InChI=1S/C17H18ClNO4S/c1-22-16-8-7-14(11-15(16)18)24(20,21)19-9-10-23-17(12-19)13-5-3-2-4-6-13/h2-8,11,17H,9-10,12H2,1H3. The average Bonchev–Trinajstić information content (AvgIpc) is 2.62. The van der Waals surface area contributed by atoms with Gasteiger partial charge in [0, 0.05) is 13.1 Å². The Bertz CT molecular complexity index is 811. The molecule has 7 heteroatoms. The smallest absolute Gasteiger partial charge is 0.243 e. The summed E-state index contributed by atoms with van der Waals surface area (Å²) in [7, 11) is -2.15. The van der Waals surface area contributed by atoms with E-state index < -0.39 is 10.0 Å². The average molecular weight is 368 g/mol. The van der Waals surface area contributed by atoms with Crippen LogP contribution in [-0.2, 0) is 14.8 Å². The minimum atomic E-state index is -3.64. The lowest BCUT2D eigenvalue weighted by Crippen LogP contribution is -2.42. The molecule has 2 aromatic carbocycles. The lowest BCUT2D eigenvalue weighted by molar-refractivity contribution is -0.00255. The van der Waals surface area contributed by atoms with Crippen LogP contribution in [0.25, 0.3) is 0 Å². The Morgan fingerprint density at radius 1 is 1.21 bits per heavy atom. The Kier molecular flexibility index (Phi) is 5.10. The second-order valence-electron chi connectivity index (χ2n) is 5.43. The Balaban J connectivity index is 1.85. The molecule has 0 N–H and O–H groups in total. The van der Waals surface area contributed by atoms with E-state index in [1.54, 1.807) is 6.07 Å². The number of nitrogens with zero attached hydrogens (tertiary/aromatic N) is 1. The molecule has 0 bridgehead atoms. The second kappa shape index (κ2) is 7.11. The number of sulfonamides is 1. The molecular formula is C17H18ClNO4S. The molecule has 1 unspecified atom stereocenters. The maximum Gasteiger partial charge on any atom is 0.243 e. The van der Waals surface area contributed by atoms with Gasteiger partial charge in [0.2, 0.25) is 10.0 Å². The number of benzene rings is 2. The molecule has 1 aliphatic rings. The van der Waals surface area contributed by atoms with E-state index in [9.17, 15) is 8.42 Å². The first kappa shape index (κ1) is 17.2. The summed E-state index contributed by atoms with van der Waals surface area (Å²) in [5.74, 6) is 0.444. The fourth-order valence-corrected chi connectivity index (χ4v) is 4.44. The molecule has 1 aliphatic heterocycles. The zero-order valence-electron chi connectivity index (χ0n) is 13.2. The summed E-state index contributed by atoms with van der Waals surface area (Å²) in [5, 5.41) is 0.270. The summed E-state index contributed by atoms with van der Waals surface area (Å²) in [5.41, 5.74) is 0.963. The summed E-state index contributed by atoms with van der Waals surface area (Å²) in [6.45, 7) is 0.938. The van der Waals surface area contributed by atoms with Gasteiger partial charge in [-0.1, -0.05) is 41.9 Å². The van der Waals surface area contributed by atoms with Crippen LogP contribution >= 0.6 is 11.6 Å². The number of ether oxygens (including phenoxy) is 2. The molecule has 0 aliphatic carbocycles. The molecule has 2 aromatic rings. The van der Waals surface area contributed by atoms with Gasteiger partial charge in [-0.05, 0) is 23.8 Å². The molecule has 3 rings (SSSR count). The SMILES string of the molecule is COc1ccc(S(=O)(=O)N2CCOC(c3ccccc3)C2)cc1Cl. The minimum absolute atomic E-state index is 0.155. The van der Waals surface area contributed by atoms with E-state index in [4.69, 9.17) is 21.1 Å².